The van der Waals surface area contributed by atoms with Crippen molar-refractivity contribution in [2.75, 3.05) is 49.3 Å². The SMILES string of the molecule is C[C@@H]1COCCN1c1cc(N2CCOC[C@H]2C)c2c(cnn2C)n1. The molecule has 0 saturated carbocycles. The van der Waals surface area contributed by atoms with Crippen LogP contribution in [-0.4, -0.2) is 66.4 Å². The summed E-state index contributed by atoms with van der Waals surface area (Å²) in [7, 11) is 1.98. The zero-order valence-electron chi connectivity index (χ0n) is 14.6. The fraction of sp³-hybridized carbons (Fsp3) is 0.647. The first-order valence-electron chi connectivity index (χ1n) is 8.66. The number of ether oxygens (including phenoxy) is 2. The Balaban J connectivity index is 1.82. The van der Waals surface area contributed by atoms with Crippen molar-refractivity contribution in [2.45, 2.75) is 25.9 Å². The van der Waals surface area contributed by atoms with Gasteiger partial charge in [-0.25, -0.2) is 4.98 Å². The van der Waals surface area contributed by atoms with Crippen molar-refractivity contribution in [3.8, 4) is 0 Å². The Bertz CT molecular complexity index is 731. The molecule has 2 atom stereocenters. The van der Waals surface area contributed by atoms with Gasteiger partial charge in [0.15, 0.2) is 0 Å². The zero-order chi connectivity index (χ0) is 16.7. The summed E-state index contributed by atoms with van der Waals surface area (Å²) in [6, 6.07) is 2.89. The maximum Gasteiger partial charge on any atom is 0.131 e. The quantitative estimate of drug-likeness (QED) is 0.829. The van der Waals surface area contributed by atoms with E-state index in [0.717, 1.165) is 56.4 Å². The average Bonchev–Trinajstić information content (AvgIpc) is 2.96. The van der Waals surface area contributed by atoms with Gasteiger partial charge in [-0.15, -0.1) is 0 Å². The third-order valence-corrected chi connectivity index (χ3v) is 5.00. The molecule has 2 aromatic heterocycles. The molecule has 0 aliphatic carbocycles. The van der Waals surface area contributed by atoms with E-state index >= 15 is 0 Å². The average molecular weight is 331 g/mol. The highest BCUT2D eigenvalue weighted by atomic mass is 16.5. The molecule has 0 amide bonds. The third-order valence-electron chi connectivity index (χ3n) is 5.00. The molecule has 7 nitrogen and oxygen atoms in total. The second kappa shape index (κ2) is 6.22. The van der Waals surface area contributed by atoms with E-state index in [1.165, 1.54) is 5.69 Å². The molecule has 0 N–H and O–H groups in total. The maximum atomic E-state index is 5.61. The second-order valence-electron chi connectivity index (χ2n) is 6.74. The normalized spacial score (nSPS) is 25.5. The molecular weight excluding hydrogens is 306 g/mol. The lowest BCUT2D eigenvalue weighted by molar-refractivity contribution is 0.0981. The highest BCUT2D eigenvalue weighted by molar-refractivity contribution is 5.90. The van der Waals surface area contributed by atoms with Crippen LogP contribution in [0.2, 0.25) is 0 Å². The summed E-state index contributed by atoms with van der Waals surface area (Å²) in [6.07, 6.45) is 1.86. The molecule has 2 saturated heterocycles. The molecule has 4 rings (SSSR count). The van der Waals surface area contributed by atoms with Crippen LogP contribution in [0.1, 0.15) is 13.8 Å². The van der Waals surface area contributed by atoms with E-state index in [-0.39, 0.29) is 0 Å². The molecule has 7 heteroatoms. The summed E-state index contributed by atoms with van der Waals surface area (Å²) in [5, 5.41) is 4.43. The number of rotatable bonds is 2. The smallest absolute Gasteiger partial charge is 0.131 e. The molecule has 0 radical (unpaired) electrons. The van der Waals surface area contributed by atoms with E-state index in [1.54, 1.807) is 0 Å². The summed E-state index contributed by atoms with van der Waals surface area (Å²) in [6.45, 7) is 9.17. The molecule has 0 spiro atoms. The predicted molar refractivity (Wildman–Crippen MR) is 93.8 cm³/mol. The Morgan fingerprint density at radius 3 is 2.38 bits per heavy atom. The number of anilines is 2. The Morgan fingerprint density at radius 2 is 1.71 bits per heavy atom. The minimum Gasteiger partial charge on any atom is -0.377 e. The third kappa shape index (κ3) is 2.61. The van der Waals surface area contributed by atoms with Gasteiger partial charge in [-0.2, -0.15) is 5.10 Å². The first-order chi connectivity index (χ1) is 11.6. The number of hydrogen-bond acceptors (Lipinski definition) is 6. The van der Waals surface area contributed by atoms with Crippen LogP contribution in [0.4, 0.5) is 11.5 Å². The van der Waals surface area contributed by atoms with Crippen LogP contribution in [0, 0.1) is 0 Å². The number of hydrogen-bond donors (Lipinski definition) is 0. The lowest BCUT2D eigenvalue weighted by atomic mass is 10.2. The lowest BCUT2D eigenvalue weighted by Gasteiger charge is -2.38. The van der Waals surface area contributed by atoms with Gasteiger partial charge in [-0.05, 0) is 13.8 Å². The summed E-state index contributed by atoms with van der Waals surface area (Å²) in [5.74, 6) is 1.01. The summed E-state index contributed by atoms with van der Waals surface area (Å²) in [4.78, 5) is 9.64. The second-order valence-corrected chi connectivity index (χ2v) is 6.74. The zero-order valence-corrected chi connectivity index (χ0v) is 14.6. The number of fused-ring (bicyclic) bond motifs is 1. The van der Waals surface area contributed by atoms with Crippen LogP contribution in [0.25, 0.3) is 11.0 Å². The molecule has 2 aliphatic rings. The molecule has 130 valence electrons. The first-order valence-corrected chi connectivity index (χ1v) is 8.66. The van der Waals surface area contributed by atoms with E-state index in [2.05, 4.69) is 34.8 Å². The number of morpholine rings is 2. The molecule has 0 aromatic carbocycles. The van der Waals surface area contributed by atoms with Gasteiger partial charge in [0.1, 0.15) is 16.9 Å². The number of aromatic nitrogens is 3. The van der Waals surface area contributed by atoms with Crippen molar-refractivity contribution in [3.05, 3.63) is 12.3 Å². The maximum absolute atomic E-state index is 5.61. The molecule has 4 heterocycles. The number of pyridine rings is 1. The van der Waals surface area contributed by atoms with Gasteiger partial charge in [-0.3, -0.25) is 4.68 Å². The monoisotopic (exact) mass is 331 g/mol. The molecule has 24 heavy (non-hydrogen) atoms. The molecule has 0 bridgehead atoms. The minimum absolute atomic E-state index is 0.329. The summed E-state index contributed by atoms with van der Waals surface area (Å²) < 4.78 is 13.1. The van der Waals surface area contributed by atoms with Gasteiger partial charge in [0.05, 0.1) is 44.4 Å². The van der Waals surface area contributed by atoms with E-state index in [4.69, 9.17) is 14.5 Å². The van der Waals surface area contributed by atoms with Gasteiger partial charge in [0, 0.05) is 32.2 Å². The summed E-state index contributed by atoms with van der Waals surface area (Å²) >= 11 is 0. The highest BCUT2D eigenvalue weighted by Crippen LogP contribution is 2.32. The topological polar surface area (TPSA) is 55.6 Å². The van der Waals surface area contributed by atoms with Crippen LogP contribution in [-0.2, 0) is 16.5 Å². The number of aryl methyl sites for hydroxylation is 1. The Hall–Kier alpha value is -1.86. The Kier molecular flexibility index (Phi) is 4.05. The molecular formula is C17H25N5O2. The standard InChI is InChI=1S/C17H25N5O2/c1-12-10-23-6-4-21(12)15-8-16(22-5-7-24-11-13(22)2)19-14-9-18-20(3)17(14)15/h8-9,12-13H,4-7,10-11H2,1-3H3/t12-,13-/m1/s1. The highest BCUT2D eigenvalue weighted by Gasteiger charge is 2.26. The van der Waals surface area contributed by atoms with E-state index in [0.29, 0.717) is 12.1 Å². The lowest BCUT2D eigenvalue weighted by Crippen LogP contribution is -2.45. The first kappa shape index (κ1) is 15.7. The van der Waals surface area contributed by atoms with Crippen molar-refractivity contribution < 1.29 is 9.47 Å². The fourth-order valence-electron chi connectivity index (χ4n) is 3.67. The van der Waals surface area contributed by atoms with Crippen LogP contribution in [0.15, 0.2) is 12.3 Å². The van der Waals surface area contributed by atoms with Crippen molar-refractivity contribution in [3.63, 3.8) is 0 Å². The van der Waals surface area contributed by atoms with Gasteiger partial charge < -0.3 is 19.3 Å². The number of nitrogens with zero attached hydrogens (tertiary/aromatic N) is 5. The van der Waals surface area contributed by atoms with Crippen molar-refractivity contribution in [1.29, 1.82) is 0 Å². The predicted octanol–water partition coefficient (Wildman–Crippen LogP) is 1.42. The van der Waals surface area contributed by atoms with Crippen molar-refractivity contribution >= 4 is 22.5 Å². The van der Waals surface area contributed by atoms with Gasteiger partial charge in [0.25, 0.3) is 0 Å². The molecule has 0 unspecified atom stereocenters. The Labute approximate surface area is 142 Å². The van der Waals surface area contributed by atoms with Crippen molar-refractivity contribution in [1.82, 2.24) is 14.8 Å². The van der Waals surface area contributed by atoms with Crippen LogP contribution < -0.4 is 9.80 Å². The largest absolute Gasteiger partial charge is 0.377 e. The van der Waals surface area contributed by atoms with E-state index in [1.807, 2.05) is 17.9 Å². The Morgan fingerprint density at radius 1 is 1.04 bits per heavy atom. The van der Waals surface area contributed by atoms with Crippen LogP contribution in [0.5, 0.6) is 0 Å². The van der Waals surface area contributed by atoms with Gasteiger partial charge in [0.2, 0.25) is 0 Å². The van der Waals surface area contributed by atoms with Gasteiger partial charge >= 0.3 is 0 Å². The molecule has 2 aromatic rings. The summed E-state index contributed by atoms with van der Waals surface area (Å²) in [5.41, 5.74) is 3.24. The minimum atomic E-state index is 0.329. The van der Waals surface area contributed by atoms with Crippen molar-refractivity contribution in [2.24, 2.45) is 7.05 Å². The molecule has 2 aliphatic heterocycles. The van der Waals surface area contributed by atoms with Gasteiger partial charge in [-0.1, -0.05) is 0 Å². The van der Waals surface area contributed by atoms with E-state index < -0.39 is 0 Å². The van der Waals surface area contributed by atoms with Crippen LogP contribution in [0.3, 0.4) is 0 Å². The van der Waals surface area contributed by atoms with E-state index in [9.17, 15) is 0 Å². The fourth-order valence-corrected chi connectivity index (χ4v) is 3.67. The van der Waals surface area contributed by atoms with Crippen LogP contribution >= 0.6 is 0 Å². The molecule has 2 fully saturated rings.